The van der Waals surface area contributed by atoms with E-state index in [1.807, 2.05) is 88.5 Å². The van der Waals surface area contributed by atoms with Gasteiger partial charge in [-0.2, -0.15) is 0 Å². The molecular formula is C24H24N4O2S2. The van der Waals surface area contributed by atoms with Gasteiger partial charge in [0.1, 0.15) is 5.75 Å². The van der Waals surface area contributed by atoms with Crippen LogP contribution in [-0.4, -0.2) is 45.0 Å². The van der Waals surface area contributed by atoms with Gasteiger partial charge >= 0.3 is 0 Å². The first-order chi connectivity index (χ1) is 15.7. The van der Waals surface area contributed by atoms with Gasteiger partial charge in [-0.1, -0.05) is 60.3 Å². The second-order valence-electron chi connectivity index (χ2n) is 6.97. The van der Waals surface area contributed by atoms with E-state index in [0.29, 0.717) is 18.2 Å². The summed E-state index contributed by atoms with van der Waals surface area (Å²) in [6, 6.07) is 21.8. The number of thiophene rings is 1. The van der Waals surface area contributed by atoms with Gasteiger partial charge in [-0.15, -0.1) is 21.5 Å². The molecule has 0 saturated carbocycles. The quantitative estimate of drug-likeness (QED) is 0.321. The molecule has 4 aromatic rings. The van der Waals surface area contributed by atoms with E-state index in [1.165, 1.54) is 11.8 Å². The van der Waals surface area contributed by atoms with Crippen LogP contribution in [-0.2, 0) is 11.3 Å². The number of rotatable bonds is 9. The molecule has 0 aliphatic carbocycles. The minimum absolute atomic E-state index is 0.0635. The van der Waals surface area contributed by atoms with E-state index >= 15 is 0 Å². The van der Waals surface area contributed by atoms with Crippen molar-refractivity contribution in [2.45, 2.75) is 18.6 Å². The molecule has 0 N–H and O–H groups in total. The number of carbonyl (C=O) groups excluding carboxylic acids is 1. The summed E-state index contributed by atoms with van der Waals surface area (Å²) in [5.41, 5.74) is 1.96. The van der Waals surface area contributed by atoms with Crippen LogP contribution in [0.5, 0.6) is 5.75 Å². The molecule has 1 amide bonds. The molecule has 0 bridgehead atoms. The number of hydrogen-bond acceptors (Lipinski definition) is 6. The molecule has 2 heterocycles. The zero-order valence-corrected chi connectivity index (χ0v) is 19.6. The maximum Gasteiger partial charge on any atom is 0.233 e. The molecule has 0 radical (unpaired) electrons. The number of aromatic nitrogens is 3. The number of amides is 1. The van der Waals surface area contributed by atoms with E-state index < -0.39 is 0 Å². The van der Waals surface area contributed by atoms with Crippen molar-refractivity contribution >= 4 is 29.0 Å². The standard InChI is InChI=1S/C24H24N4O2S2/c1-3-27(16-18-10-5-4-6-11-18)22(29)17-32-24-26-25-23(21-14-9-15-31-21)28(24)19-12-7-8-13-20(19)30-2/h4-15H,3,16-17H2,1-2H3. The Morgan fingerprint density at radius 3 is 2.56 bits per heavy atom. The Bertz CT molecular complexity index is 1160. The van der Waals surface area contributed by atoms with Crippen LogP contribution in [0, 0.1) is 0 Å². The SMILES string of the molecule is CCN(Cc1ccccc1)C(=O)CSc1nnc(-c2cccs2)n1-c1ccccc1OC. The molecule has 0 aliphatic rings. The highest BCUT2D eigenvalue weighted by molar-refractivity contribution is 7.99. The van der Waals surface area contributed by atoms with Gasteiger partial charge < -0.3 is 9.64 Å². The Labute approximate surface area is 195 Å². The van der Waals surface area contributed by atoms with E-state index in [1.54, 1.807) is 18.4 Å². The molecule has 2 aromatic carbocycles. The number of ether oxygens (including phenoxy) is 1. The van der Waals surface area contributed by atoms with E-state index in [0.717, 1.165) is 27.7 Å². The average molecular weight is 465 g/mol. The number of nitrogens with zero attached hydrogens (tertiary/aromatic N) is 4. The summed E-state index contributed by atoms with van der Waals surface area (Å²) in [6.45, 7) is 3.24. The monoisotopic (exact) mass is 464 g/mol. The van der Waals surface area contributed by atoms with Gasteiger partial charge in [0.2, 0.25) is 5.91 Å². The summed E-state index contributed by atoms with van der Waals surface area (Å²) in [5.74, 6) is 1.79. The van der Waals surface area contributed by atoms with Gasteiger partial charge in [0.25, 0.3) is 0 Å². The third-order valence-corrected chi connectivity index (χ3v) is 6.76. The average Bonchev–Trinajstić information content (AvgIpc) is 3.51. The van der Waals surface area contributed by atoms with Gasteiger partial charge in [0, 0.05) is 13.1 Å². The minimum Gasteiger partial charge on any atom is -0.495 e. The highest BCUT2D eigenvalue weighted by atomic mass is 32.2. The zero-order valence-electron chi connectivity index (χ0n) is 18.0. The second kappa shape index (κ2) is 10.5. The van der Waals surface area contributed by atoms with Gasteiger partial charge in [-0.05, 0) is 36.1 Å². The van der Waals surface area contributed by atoms with E-state index in [4.69, 9.17) is 4.74 Å². The molecule has 164 valence electrons. The molecule has 0 spiro atoms. The zero-order chi connectivity index (χ0) is 22.3. The topological polar surface area (TPSA) is 60.2 Å². The largest absolute Gasteiger partial charge is 0.495 e. The third-order valence-electron chi connectivity index (χ3n) is 4.98. The first-order valence-electron chi connectivity index (χ1n) is 10.3. The van der Waals surface area contributed by atoms with E-state index in [-0.39, 0.29) is 11.7 Å². The molecule has 32 heavy (non-hydrogen) atoms. The van der Waals surface area contributed by atoms with Crippen LogP contribution < -0.4 is 4.74 Å². The lowest BCUT2D eigenvalue weighted by molar-refractivity contribution is -0.128. The fourth-order valence-corrected chi connectivity index (χ4v) is 4.90. The molecule has 2 aromatic heterocycles. The lowest BCUT2D eigenvalue weighted by atomic mass is 10.2. The number of para-hydroxylation sites is 2. The number of carbonyl (C=O) groups is 1. The Balaban J connectivity index is 1.59. The van der Waals surface area contributed by atoms with E-state index in [9.17, 15) is 4.79 Å². The van der Waals surface area contributed by atoms with Crippen LogP contribution in [0.3, 0.4) is 0 Å². The summed E-state index contributed by atoms with van der Waals surface area (Å²) in [6.07, 6.45) is 0. The van der Waals surface area contributed by atoms with Crippen LogP contribution in [0.2, 0.25) is 0 Å². The molecule has 0 atom stereocenters. The van der Waals surface area contributed by atoms with Gasteiger partial charge in [-0.25, -0.2) is 0 Å². The van der Waals surface area contributed by atoms with Crippen molar-refractivity contribution in [1.29, 1.82) is 0 Å². The summed E-state index contributed by atoms with van der Waals surface area (Å²) in [7, 11) is 1.65. The lowest BCUT2D eigenvalue weighted by Crippen LogP contribution is -2.31. The van der Waals surface area contributed by atoms with Crippen molar-refractivity contribution in [3.63, 3.8) is 0 Å². The molecular weight excluding hydrogens is 440 g/mol. The number of methoxy groups -OCH3 is 1. The normalized spacial score (nSPS) is 10.8. The molecule has 0 unspecified atom stereocenters. The highest BCUT2D eigenvalue weighted by Gasteiger charge is 2.21. The summed E-state index contributed by atoms with van der Waals surface area (Å²) < 4.78 is 7.56. The van der Waals surface area contributed by atoms with Crippen molar-refractivity contribution < 1.29 is 9.53 Å². The van der Waals surface area contributed by atoms with Crippen molar-refractivity contribution in [3.8, 4) is 22.1 Å². The molecule has 0 saturated heterocycles. The molecule has 4 rings (SSSR count). The second-order valence-corrected chi connectivity index (χ2v) is 8.86. The van der Waals surface area contributed by atoms with E-state index in [2.05, 4.69) is 10.2 Å². The summed E-state index contributed by atoms with van der Waals surface area (Å²) >= 11 is 2.99. The van der Waals surface area contributed by atoms with Gasteiger partial charge in [0.15, 0.2) is 11.0 Å². The van der Waals surface area contributed by atoms with Crippen LogP contribution >= 0.6 is 23.1 Å². The lowest BCUT2D eigenvalue weighted by Gasteiger charge is -2.21. The number of benzene rings is 2. The smallest absolute Gasteiger partial charge is 0.233 e. The van der Waals surface area contributed by atoms with Crippen molar-refractivity contribution in [1.82, 2.24) is 19.7 Å². The van der Waals surface area contributed by atoms with Crippen molar-refractivity contribution in [3.05, 3.63) is 77.7 Å². The maximum atomic E-state index is 13.0. The Hall–Kier alpha value is -3.10. The van der Waals surface area contributed by atoms with Crippen LogP contribution in [0.1, 0.15) is 12.5 Å². The first kappa shape index (κ1) is 22.1. The summed E-state index contributed by atoms with van der Waals surface area (Å²) in [4.78, 5) is 15.8. The third kappa shape index (κ3) is 4.87. The predicted molar refractivity (Wildman–Crippen MR) is 129 cm³/mol. The molecule has 6 nitrogen and oxygen atoms in total. The number of hydrogen-bond donors (Lipinski definition) is 0. The highest BCUT2D eigenvalue weighted by Crippen LogP contribution is 2.34. The van der Waals surface area contributed by atoms with Gasteiger partial charge in [-0.3, -0.25) is 9.36 Å². The van der Waals surface area contributed by atoms with Crippen molar-refractivity contribution in [2.75, 3.05) is 19.4 Å². The minimum atomic E-state index is 0.0635. The first-order valence-corrected chi connectivity index (χ1v) is 12.1. The predicted octanol–water partition coefficient (Wildman–Crippen LogP) is 5.15. The fourth-order valence-electron chi connectivity index (χ4n) is 3.36. The van der Waals surface area contributed by atoms with Crippen LogP contribution in [0.15, 0.2) is 77.3 Å². The fraction of sp³-hybridized carbons (Fsp3) is 0.208. The molecule has 0 fully saturated rings. The van der Waals surface area contributed by atoms with Gasteiger partial charge in [0.05, 0.1) is 23.4 Å². The number of thioether (sulfide) groups is 1. The Morgan fingerprint density at radius 2 is 1.84 bits per heavy atom. The summed E-state index contributed by atoms with van der Waals surface area (Å²) in [5, 5.41) is 11.5. The van der Waals surface area contributed by atoms with Crippen LogP contribution in [0.25, 0.3) is 16.4 Å². The van der Waals surface area contributed by atoms with Crippen LogP contribution in [0.4, 0.5) is 0 Å². The Kier molecular flexibility index (Phi) is 7.24. The van der Waals surface area contributed by atoms with Crippen molar-refractivity contribution in [2.24, 2.45) is 0 Å². The maximum absolute atomic E-state index is 13.0. The molecule has 8 heteroatoms. The molecule has 0 aliphatic heterocycles. The Morgan fingerprint density at radius 1 is 1.06 bits per heavy atom.